The number of benzene rings is 2. The Morgan fingerprint density at radius 2 is 1.81 bits per heavy atom. The lowest BCUT2D eigenvalue weighted by Gasteiger charge is -2.51. The zero-order valence-electron chi connectivity index (χ0n) is 18.3. The van der Waals surface area contributed by atoms with Crippen molar-refractivity contribution in [3.05, 3.63) is 60.2 Å². The van der Waals surface area contributed by atoms with Gasteiger partial charge in [-0.05, 0) is 55.5 Å². The van der Waals surface area contributed by atoms with Gasteiger partial charge in [0.25, 0.3) is 0 Å². The first-order valence-corrected chi connectivity index (χ1v) is 13.5. The lowest BCUT2D eigenvalue weighted by Crippen LogP contribution is -2.60. The van der Waals surface area contributed by atoms with Gasteiger partial charge in [0, 0.05) is 30.6 Å². The summed E-state index contributed by atoms with van der Waals surface area (Å²) in [4.78, 5) is 18.2. The normalized spacial score (nSPS) is 25.3. The molecule has 1 spiro atoms. The molecule has 0 bridgehead atoms. The third-order valence-corrected chi connectivity index (χ3v) is 10.8. The quantitative estimate of drug-likeness (QED) is 0.625. The fourth-order valence-electron chi connectivity index (χ4n) is 5.35. The second-order valence-electron chi connectivity index (χ2n) is 9.12. The van der Waals surface area contributed by atoms with Crippen molar-refractivity contribution in [3.8, 4) is 11.1 Å². The molecule has 2 aliphatic heterocycles. The van der Waals surface area contributed by atoms with Gasteiger partial charge in [0.2, 0.25) is 5.91 Å². The summed E-state index contributed by atoms with van der Waals surface area (Å²) in [6.07, 6.45) is 5.44. The zero-order chi connectivity index (χ0) is 21.3. The highest BCUT2D eigenvalue weighted by Gasteiger charge is 2.48. The fraction of sp³-hybridized carbons (Fsp3) is 0.500. The molecule has 3 nitrogen and oxygen atoms in total. The molecule has 3 aliphatic rings. The average Bonchev–Trinajstić information content (AvgIpc) is 3.22. The molecular weight excluding hydrogens is 420 g/mol. The summed E-state index contributed by atoms with van der Waals surface area (Å²) >= 11 is 4.30. The van der Waals surface area contributed by atoms with E-state index in [4.69, 9.17) is 0 Å². The molecule has 2 unspecified atom stereocenters. The van der Waals surface area contributed by atoms with Crippen LogP contribution in [0.3, 0.4) is 0 Å². The Morgan fingerprint density at radius 3 is 2.52 bits per heavy atom. The molecule has 2 heterocycles. The molecular formula is C26H32N2OS2. The average molecular weight is 453 g/mol. The van der Waals surface area contributed by atoms with Gasteiger partial charge in [-0.25, -0.2) is 0 Å². The smallest absolute Gasteiger partial charge is 0.227 e. The van der Waals surface area contributed by atoms with Gasteiger partial charge in [0.05, 0.1) is 10.5 Å². The van der Waals surface area contributed by atoms with Crippen molar-refractivity contribution in [1.29, 1.82) is 0 Å². The molecule has 2 atom stereocenters. The second kappa shape index (κ2) is 9.21. The van der Waals surface area contributed by atoms with Gasteiger partial charge >= 0.3 is 0 Å². The van der Waals surface area contributed by atoms with Crippen LogP contribution in [-0.2, 0) is 11.2 Å². The van der Waals surface area contributed by atoms with Crippen molar-refractivity contribution in [2.24, 2.45) is 0 Å². The third kappa shape index (κ3) is 4.55. The van der Waals surface area contributed by atoms with E-state index in [9.17, 15) is 4.79 Å². The topological polar surface area (TPSA) is 23.6 Å². The number of hydrogen-bond donors (Lipinski definition) is 0. The Hall–Kier alpha value is -1.43. The summed E-state index contributed by atoms with van der Waals surface area (Å²) in [7, 11) is 2.06. The standard InChI is InChI=1S/C26H32N2OS2/c1-27(24-19-26(30-15-16-31-26)12-11-23(24)28-13-6-14-28)25(29)18-20-7-5-10-22(17-20)21-8-3-2-4-9-21/h2-5,7-10,17,23-24H,6,11-16,18-19H2,1H3. The first-order chi connectivity index (χ1) is 15.1. The number of thioether (sulfide) groups is 2. The largest absolute Gasteiger partial charge is 0.341 e. The van der Waals surface area contributed by atoms with Crippen molar-refractivity contribution in [3.63, 3.8) is 0 Å². The van der Waals surface area contributed by atoms with E-state index >= 15 is 0 Å². The van der Waals surface area contributed by atoms with E-state index in [1.165, 1.54) is 55.0 Å². The molecule has 164 valence electrons. The molecule has 2 aromatic rings. The van der Waals surface area contributed by atoms with Crippen molar-refractivity contribution >= 4 is 29.4 Å². The Kier molecular flexibility index (Phi) is 6.36. The minimum Gasteiger partial charge on any atom is -0.341 e. The van der Waals surface area contributed by atoms with Gasteiger partial charge in [-0.15, -0.1) is 23.5 Å². The van der Waals surface area contributed by atoms with Gasteiger partial charge in [-0.3, -0.25) is 9.69 Å². The Labute approximate surface area is 195 Å². The Morgan fingerprint density at radius 1 is 1.06 bits per heavy atom. The predicted molar refractivity (Wildman–Crippen MR) is 134 cm³/mol. The van der Waals surface area contributed by atoms with Gasteiger partial charge in [0.1, 0.15) is 0 Å². The van der Waals surface area contributed by atoms with Gasteiger partial charge in [-0.2, -0.15) is 0 Å². The Balaban J connectivity index is 1.32. The van der Waals surface area contributed by atoms with E-state index in [-0.39, 0.29) is 5.91 Å². The van der Waals surface area contributed by atoms with Crippen molar-refractivity contribution in [2.45, 2.75) is 48.3 Å². The number of rotatable bonds is 5. The lowest BCUT2D eigenvalue weighted by molar-refractivity contribution is -0.134. The van der Waals surface area contributed by atoms with Crippen molar-refractivity contribution in [1.82, 2.24) is 9.80 Å². The van der Waals surface area contributed by atoms with Crippen LogP contribution in [0.1, 0.15) is 31.2 Å². The van der Waals surface area contributed by atoms with E-state index in [2.05, 4.69) is 88.9 Å². The van der Waals surface area contributed by atoms with Crippen LogP contribution < -0.4 is 0 Å². The van der Waals surface area contributed by atoms with Crippen LogP contribution in [0.2, 0.25) is 0 Å². The van der Waals surface area contributed by atoms with Crippen LogP contribution in [0.25, 0.3) is 11.1 Å². The maximum Gasteiger partial charge on any atom is 0.227 e. The molecule has 2 saturated heterocycles. The fourth-order valence-corrected chi connectivity index (χ4v) is 8.69. The molecule has 31 heavy (non-hydrogen) atoms. The van der Waals surface area contributed by atoms with Crippen molar-refractivity contribution in [2.75, 3.05) is 31.6 Å². The monoisotopic (exact) mass is 452 g/mol. The van der Waals surface area contributed by atoms with Crippen LogP contribution in [-0.4, -0.2) is 63.5 Å². The minimum atomic E-state index is 0.255. The predicted octanol–water partition coefficient (Wildman–Crippen LogP) is 5.16. The van der Waals surface area contributed by atoms with E-state index in [0.29, 0.717) is 22.6 Å². The summed E-state index contributed by atoms with van der Waals surface area (Å²) < 4.78 is 0.341. The van der Waals surface area contributed by atoms with Crippen LogP contribution in [0, 0.1) is 0 Å². The first-order valence-electron chi connectivity index (χ1n) is 11.6. The molecule has 1 amide bonds. The van der Waals surface area contributed by atoms with Crippen LogP contribution in [0.15, 0.2) is 54.6 Å². The summed E-state index contributed by atoms with van der Waals surface area (Å²) in [5.74, 6) is 2.77. The molecule has 1 aliphatic carbocycles. The SMILES string of the molecule is CN(C(=O)Cc1cccc(-c2ccccc2)c1)C1CC2(CCC1N1CCC1)SCCS2. The highest BCUT2D eigenvalue weighted by molar-refractivity contribution is 8.21. The second-order valence-corrected chi connectivity index (χ2v) is 12.3. The van der Waals surface area contributed by atoms with Crippen LogP contribution in [0.4, 0.5) is 0 Å². The molecule has 0 aromatic heterocycles. The number of carbonyl (C=O) groups excluding carboxylic acids is 1. The zero-order valence-corrected chi connectivity index (χ0v) is 20.0. The number of amides is 1. The van der Waals surface area contributed by atoms with Crippen LogP contribution in [0.5, 0.6) is 0 Å². The van der Waals surface area contributed by atoms with E-state index in [1.807, 2.05) is 6.07 Å². The lowest BCUT2D eigenvalue weighted by atomic mass is 9.85. The number of likely N-dealkylation sites (tertiary alicyclic amines) is 1. The van der Waals surface area contributed by atoms with E-state index in [1.54, 1.807) is 0 Å². The molecule has 0 N–H and O–H groups in total. The highest BCUT2D eigenvalue weighted by atomic mass is 32.2. The summed E-state index contributed by atoms with van der Waals surface area (Å²) in [5.41, 5.74) is 3.49. The molecule has 5 heteroatoms. The third-order valence-electron chi connectivity index (χ3n) is 7.24. The molecule has 3 fully saturated rings. The highest BCUT2D eigenvalue weighted by Crippen LogP contribution is 2.54. The van der Waals surface area contributed by atoms with Gasteiger partial charge < -0.3 is 4.90 Å². The number of nitrogens with zero attached hydrogens (tertiary/aromatic N) is 2. The van der Waals surface area contributed by atoms with Gasteiger partial charge in [0.15, 0.2) is 0 Å². The molecule has 1 saturated carbocycles. The van der Waals surface area contributed by atoms with Crippen LogP contribution >= 0.6 is 23.5 Å². The minimum absolute atomic E-state index is 0.255. The van der Waals surface area contributed by atoms with E-state index < -0.39 is 0 Å². The molecule has 2 aromatic carbocycles. The summed E-state index contributed by atoms with van der Waals surface area (Å²) in [6.45, 7) is 2.41. The molecule has 5 rings (SSSR count). The molecule has 0 radical (unpaired) electrons. The number of likely N-dealkylation sites (N-methyl/N-ethyl adjacent to an activating group) is 1. The van der Waals surface area contributed by atoms with Gasteiger partial charge in [-0.1, -0.05) is 54.6 Å². The van der Waals surface area contributed by atoms with E-state index in [0.717, 1.165) is 12.0 Å². The summed E-state index contributed by atoms with van der Waals surface area (Å²) in [5, 5.41) is 0. The maximum absolute atomic E-state index is 13.4. The first kappa shape index (κ1) is 21.4. The maximum atomic E-state index is 13.4. The summed E-state index contributed by atoms with van der Waals surface area (Å²) in [6, 6.07) is 19.8. The number of hydrogen-bond acceptors (Lipinski definition) is 4. The Bertz CT molecular complexity index is 909. The number of carbonyl (C=O) groups is 1. The van der Waals surface area contributed by atoms with Crippen molar-refractivity contribution < 1.29 is 4.79 Å².